The number of carbonyl (C=O) groups is 1. The van der Waals surface area contributed by atoms with Gasteiger partial charge in [-0.2, -0.15) is 10.1 Å². The van der Waals surface area contributed by atoms with Crippen LogP contribution in [-0.2, 0) is 4.79 Å². The zero-order valence-corrected chi connectivity index (χ0v) is 18.4. The molecule has 0 aliphatic rings. The molecule has 1 heterocycles. The van der Waals surface area contributed by atoms with Crippen LogP contribution in [0.4, 0.5) is 5.13 Å². The summed E-state index contributed by atoms with van der Waals surface area (Å²) in [7, 11) is 3.22. The van der Waals surface area contributed by atoms with Gasteiger partial charge in [0, 0.05) is 0 Å². The van der Waals surface area contributed by atoms with Gasteiger partial charge in [-0.25, -0.2) is 4.98 Å². The highest BCUT2D eigenvalue weighted by Crippen LogP contribution is 2.32. The number of hydrogen-bond donors (Lipinski definition) is 0. The molecule has 4 rings (SSSR count). The minimum atomic E-state index is -0.343. The molecule has 1 aromatic heterocycles. The first kappa shape index (κ1) is 21.3. The number of methoxy groups -OCH3 is 2. The molecule has 0 bridgehead atoms. The quantitative estimate of drug-likeness (QED) is 0.288. The third-order valence-electron chi connectivity index (χ3n) is 4.55. The standard InChI is InChI=1S/C24H21N3O4S/c1-29-18-10-8-17(9-11-18)15-25-27(23(28)16-31-19-6-4-3-5-7-19)24-26-21-13-12-20(30-2)14-22(21)32-24/h3-15H,16H2,1-2H3/b25-15+. The summed E-state index contributed by atoms with van der Waals surface area (Å²) < 4.78 is 17.0. The summed E-state index contributed by atoms with van der Waals surface area (Å²) in [6.45, 7) is -0.177. The fourth-order valence-corrected chi connectivity index (χ4v) is 3.84. The van der Waals surface area contributed by atoms with E-state index in [9.17, 15) is 4.79 Å². The molecular formula is C24H21N3O4S. The Morgan fingerprint density at radius 3 is 2.41 bits per heavy atom. The van der Waals surface area contributed by atoms with Crippen molar-refractivity contribution >= 4 is 38.8 Å². The number of benzene rings is 3. The van der Waals surface area contributed by atoms with Crippen LogP contribution >= 0.6 is 11.3 Å². The molecule has 0 aliphatic heterocycles. The molecule has 7 nitrogen and oxygen atoms in total. The van der Waals surface area contributed by atoms with Gasteiger partial charge < -0.3 is 14.2 Å². The number of hydrazone groups is 1. The molecule has 0 unspecified atom stereocenters. The van der Waals surface area contributed by atoms with Gasteiger partial charge in [0.15, 0.2) is 6.61 Å². The van der Waals surface area contributed by atoms with Gasteiger partial charge in [-0.1, -0.05) is 29.5 Å². The summed E-state index contributed by atoms with van der Waals surface area (Å²) in [6.07, 6.45) is 1.60. The third-order valence-corrected chi connectivity index (χ3v) is 5.54. The Kier molecular flexibility index (Phi) is 6.62. The molecule has 1 amide bonds. The van der Waals surface area contributed by atoms with Gasteiger partial charge in [-0.3, -0.25) is 4.79 Å². The highest BCUT2D eigenvalue weighted by atomic mass is 32.1. The topological polar surface area (TPSA) is 73.2 Å². The molecule has 162 valence electrons. The number of anilines is 1. The van der Waals surface area contributed by atoms with E-state index >= 15 is 0 Å². The van der Waals surface area contributed by atoms with Crippen molar-refractivity contribution in [3.8, 4) is 17.2 Å². The predicted octanol–water partition coefficient (Wildman–Crippen LogP) is 4.76. The Balaban J connectivity index is 1.61. The molecule has 0 spiro atoms. The van der Waals surface area contributed by atoms with Gasteiger partial charge in [0.25, 0.3) is 5.91 Å². The Morgan fingerprint density at radius 2 is 1.69 bits per heavy atom. The lowest BCUT2D eigenvalue weighted by Crippen LogP contribution is -2.30. The van der Waals surface area contributed by atoms with Gasteiger partial charge >= 0.3 is 0 Å². The fraction of sp³-hybridized carbons (Fsp3) is 0.125. The molecule has 3 aromatic carbocycles. The van der Waals surface area contributed by atoms with Crippen molar-refractivity contribution in [2.75, 3.05) is 25.8 Å². The molecule has 0 atom stereocenters. The zero-order valence-electron chi connectivity index (χ0n) is 17.6. The van der Waals surface area contributed by atoms with Crippen LogP contribution < -0.4 is 19.2 Å². The van der Waals surface area contributed by atoms with Crippen molar-refractivity contribution in [1.29, 1.82) is 0 Å². The second-order valence-electron chi connectivity index (χ2n) is 6.66. The average molecular weight is 448 g/mol. The van der Waals surface area contributed by atoms with Crippen molar-refractivity contribution < 1.29 is 19.0 Å². The molecular weight excluding hydrogens is 426 g/mol. The number of fused-ring (bicyclic) bond motifs is 1. The van der Waals surface area contributed by atoms with E-state index in [1.54, 1.807) is 32.6 Å². The van der Waals surface area contributed by atoms with Gasteiger partial charge in [-0.15, -0.1) is 0 Å². The van der Waals surface area contributed by atoms with Crippen molar-refractivity contribution in [2.45, 2.75) is 0 Å². The molecule has 0 saturated carbocycles. The van der Waals surface area contributed by atoms with Crippen LogP contribution in [0, 0.1) is 0 Å². The smallest absolute Gasteiger partial charge is 0.287 e. The first-order valence-electron chi connectivity index (χ1n) is 9.79. The Bertz CT molecular complexity index is 1220. The van der Waals surface area contributed by atoms with Crippen LogP contribution in [0.2, 0.25) is 0 Å². The van der Waals surface area contributed by atoms with Crippen molar-refractivity contribution in [2.24, 2.45) is 5.10 Å². The number of aromatic nitrogens is 1. The summed E-state index contributed by atoms with van der Waals surface area (Å²) in [5, 5.41) is 6.14. The average Bonchev–Trinajstić information content (AvgIpc) is 3.26. The van der Waals surface area contributed by atoms with E-state index in [2.05, 4.69) is 10.1 Å². The first-order chi connectivity index (χ1) is 15.7. The molecule has 32 heavy (non-hydrogen) atoms. The number of thiazole rings is 1. The molecule has 0 radical (unpaired) electrons. The van der Waals surface area contributed by atoms with Gasteiger partial charge in [0.1, 0.15) is 17.2 Å². The lowest BCUT2D eigenvalue weighted by atomic mass is 10.2. The lowest BCUT2D eigenvalue weighted by Gasteiger charge is -2.14. The number of ether oxygens (including phenoxy) is 3. The predicted molar refractivity (Wildman–Crippen MR) is 126 cm³/mol. The van der Waals surface area contributed by atoms with Crippen molar-refractivity contribution in [3.05, 3.63) is 78.4 Å². The van der Waals surface area contributed by atoms with E-state index in [-0.39, 0.29) is 12.5 Å². The monoisotopic (exact) mass is 447 g/mol. The lowest BCUT2D eigenvalue weighted by molar-refractivity contribution is -0.120. The van der Waals surface area contributed by atoms with E-state index in [1.165, 1.54) is 16.3 Å². The Labute approximate surface area is 189 Å². The van der Waals surface area contributed by atoms with E-state index < -0.39 is 0 Å². The summed E-state index contributed by atoms with van der Waals surface area (Å²) in [5.41, 5.74) is 1.57. The van der Waals surface area contributed by atoms with E-state index in [0.29, 0.717) is 10.9 Å². The Morgan fingerprint density at radius 1 is 0.969 bits per heavy atom. The van der Waals surface area contributed by atoms with Crippen molar-refractivity contribution in [3.63, 3.8) is 0 Å². The van der Waals surface area contributed by atoms with Crippen LogP contribution in [0.1, 0.15) is 5.56 Å². The summed E-state index contributed by atoms with van der Waals surface area (Å²) in [6, 6.07) is 22.1. The molecule has 4 aromatic rings. The van der Waals surface area contributed by atoms with Gasteiger partial charge in [0.05, 0.1) is 30.7 Å². The van der Waals surface area contributed by atoms with Crippen LogP contribution in [-0.4, -0.2) is 37.9 Å². The van der Waals surface area contributed by atoms with E-state index in [0.717, 1.165) is 27.3 Å². The number of amides is 1. The van der Waals surface area contributed by atoms with Crippen LogP contribution in [0.5, 0.6) is 17.2 Å². The summed E-state index contributed by atoms with van der Waals surface area (Å²) >= 11 is 1.35. The normalized spacial score (nSPS) is 10.9. The third kappa shape index (κ3) is 5.04. The van der Waals surface area contributed by atoms with Crippen LogP contribution in [0.25, 0.3) is 10.2 Å². The number of rotatable bonds is 8. The minimum absolute atomic E-state index is 0.177. The molecule has 0 fully saturated rings. The molecule has 0 saturated heterocycles. The molecule has 0 aliphatic carbocycles. The second kappa shape index (κ2) is 9.93. The zero-order chi connectivity index (χ0) is 22.3. The maximum Gasteiger partial charge on any atom is 0.287 e. The largest absolute Gasteiger partial charge is 0.497 e. The Hall–Kier alpha value is -3.91. The number of para-hydroxylation sites is 1. The van der Waals surface area contributed by atoms with E-state index in [1.807, 2.05) is 60.7 Å². The number of hydrogen-bond acceptors (Lipinski definition) is 7. The van der Waals surface area contributed by atoms with Gasteiger partial charge in [-0.05, 0) is 60.2 Å². The first-order valence-corrected chi connectivity index (χ1v) is 10.6. The minimum Gasteiger partial charge on any atom is -0.497 e. The van der Waals surface area contributed by atoms with Crippen LogP contribution in [0.3, 0.4) is 0 Å². The summed E-state index contributed by atoms with van der Waals surface area (Å²) in [5.74, 6) is 1.73. The second-order valence-corrected chi connectivity index (χ2v) is 7.66. The number of carbonyl (C=O) groups excluding carboxylic acids is 1. The summed E-state index contributed by atoms with van der Waals surface area (Å²) in [4.78, 5) is 17.6. The SMILES string of the molecule is COc1ccc(/C=N/N(C(=O)COc2ccccc2)c2nc3ccc(OC)cc3s2)cc1. The van der Waals surface area contributed by atoms with E-state index in [4.69, 9.17) is 14.2 Å². The molecule has 8 heteroatoms. The van der Waals surface area contributed by atoms with Gasteiger partial charge in [0.2, 0.25) is 5.13 Å². The maximum atomic E-state index is 13.0. The van der Waals surface area contributed by atoms with Crippen molar-refractivity contribution in [1.82, 2.24) is 4.98 Å². The van der Waals surface area contributed by atoms with Crippen LogP contribution in [0.15, 0.2) is 77.9 Å². The highest BCUT2D eigenvalue weighted by molar-refractivity contribution is 7.22. The molecule has 0 N–H and O–H groups in total. The maximum absolute atomic E-state index is 13.0. The number of nitrogens with zero attached hydrogens (tertiary/aromatic N) is 3. The highest BCUT2D eigenvalue weighted by Gasteiger charge is 2.20. The fourth-order valence-electron chi connectivity index (χ4n) is 2.87.